The highest BCUT2D eigenvalue weighted by atomic mass is 16.3. The van der Waals surface area contributed by atoms with Gasteiger partial charge in [-0.1, -0.05) is 74.0 Å². The van der Waals surface area contributed by atoms with Gasteiger partial charge in [0.25, 0.3) is 0 Å². The van der Waals surface area contributed by atoms with Gasteiger partial charge in [-0.05, 0) is 60.1 Å². The third-order valence-electron chi connectivity index (χ3n) is 6.85. The molecule has 1 heterocycles. The molecule has 34 heavy (non-hydrogen) atoms. The zero-order valence-electron chi connectivity index (χ0n) is 20.8. The third kappa shape index (κ3) is 4.88. The van der Waals surface area contributed by atoms with Gasteiger partial charge in [0.05, 0.1) is 24.0 Å². The highest BCUT2D eigenvalue weighted by Crippen LogP contribution is 2.45. The Morgan fingerprint density at radius 3 is 2.18 bits per heavy atom. The Kier molecular flexibility index (Phi) is 7.38. The van der Waals surface area contributed by atoms with Gasteiger partial charge in [0.1, 0.15) is 0 Å². The minimum Gasteiger partial charge on any atom is -0.392 e. The first-order valence-electron chi connectivity index (χ1n) is 12.5. The van der Waals surface area contributed by atoms with Crippen molar-refractivity contribution in [1.82, 2.24) is 0 Å². The van der Waals surface area contributed by atoms with Crippen molar-refractivity contribution in [3.05, 3.63) is 83.4 Å². The van der Waals surface area contributed by atoms with Crippen LogP contribution in [0.1, 0.15) is 50.3 Å². The Morgan fingerprint density at radius 1 is 0.912 bits per heavy atom. The van der Waals surface area contributed by atoms with Gasteiger partial charge in [-0.3, -0.25) is 4.79 Å². The van der Waals surface area contributed by atoms with Gasteiger partial charge in [0, 0.05) is 20.0 Å². The molecule has 1 atom stereocenters. The summed E-state index contributed by atoms with van der Waals surface area (Å²) in [5, 5.41) is 9.85. The van der Waals surface area contributed by atoms with Crippen LogP contribution in [0.25, 0.3) is 11.1 Å². The second-order valence-corrected chi connectivity index (χ2v) is 9.17. The second-order valence-electron chi connectivity index (χ2n) is 9.17. The molecule has 1 aliphatic heterocycles. The van der Waals surface area contributed by atoms with Crippen LogP contribution in [0.4, 0.5) is 11.4 Å². The van der Waals surface area contributed by atoms with E-state index in [0.29, 0.717) is 5.92 Å². The quantitative estimate of drug-likeness (QED) is 0.488. The molecule has 1 amide bonds. The van der Waals surface area contributed by atoms with Gasteiger partial charge in [-0.15, -0.1) is 0 Å². The lowest BCUT2D eigenvalue weighted by Crippen LogP contribution is -2.52. The molecule has 1 aliphatic carbocycles. The number of carbonyl (C=O) groups excluding carboxylic acids is 1. The topological polar surface area (TPSA) is 43.8 Å². The van der Waals surface area contributed by atoms with Crippen LogP contribution in [0.5, 0.6) is 0 Å². The zero-order valence-corrected chi connectivity index (χ0v) is 20.8. The van der Waals surface area contributed by atoms with E-state index in [1.54, 1.807) is 6.92 Å². The second kappa shape index (κ2) is 10.4. The van der Waals surface area contributed by atoms with Gasteiger partial charge in [0.2, 0.25) is 5.91 Å². The minimum atomic E-state index is 0.0336. The normalized spacial score (nSPS) is 17.0. The van der Waals surface area contributed by atoms with Crippen molar-refractivity contribution in [2.45, 2.75) is 59.7 Å². The number of rotatable bonds is 5. The predicted molar refractivity (Wildman–Crippen MR) is 141 cm³/mol. The fourth-order valence-electron chi connectivity index (χ4n) is 4.96. The Bertz CT molecular complexity index is 1130. The molecule has 0 radical (unpaired) electrons. The Balaban J connectivity index is 0.00000133. The highest BCUT2D eigenvalue weighted by molar-refractivity contribution is 5.98. The van der Waals surface area contributed by atoms with Crippen molar-refractivity contribution in [2.75, 3.05) is 16.3 Å². The molecule has 3 aromatic rings. The first kappa shape index (κ1) is 24.0. The van der Waals surface area contributed by atoms with Crippen molar-refractivity contribution >= 4 is 17.3 Å². The number of amides is 1. The molecule has 1 N–H and O–H groups in total. The summed E-state index contributed by atoms with van der Waals surface area (Å²) in [4.78, 5) is 17.2. The Morgan fingerprint density at radius 2 is 1.56 bits per heavy atom. The average molecular weight is 457 g/mol. The number of hydrogen-bond acceptors (Lipinski definition) is 3. The molecule has 2 aliphatic rings. The van der Waals surface area contributed by atoms with Gasteiger partial charge >= 0.3 is 0 Å². The number of aliphatic hydroxyl groups is 1. The van der Waals surface area contributed by atoms with Crippen LogP contribution in [0, 0.1) is 12.8 Å². The minimum absolute atomic E-state index is 0.0336. The van der Waals surface area contributed by atoms with Crippen molar-refractivity contribution in [3.63, 3.8) is 0 Å². The van der Waals surface area contributed by atoms with Crippen LogP contribution in [0.2, 0.25) is 0 Å². The fraction of sp³-hybridized carbons (Fsp3) is 0.367. The van der Waals surface area contributed by atoms with Gasteiger partial charge in [0.15, 0.2) is 0 Å². The lowest BCUT2D eigenvalue weighted by Gasteiger charge is -2.44. The molecule has 1 fully saturated rings. The molecule has 4 nitrogen and oxygen atoms in total. The Labute approximate surface area is 203 Å². The number of fused-ring (bicyclic) bond motifs is 1. The molecule has 1 unspecified atom stereocenters. The van der Waals surface area contributed by atoms with Crippen LogP contribution < -0.4 is 9.80 Å². The maximum atomic E-state index is 12.7. The first-order chi connectivity index (χ1) is 16.5. The van der Waals surface area contributed by atoms with Crippen LogP contribution in [0.15, 0.2) is 66.7 Å². The van der Waals surface area contributed by atoms with Crippen molar-refractivity contribution in [1.29, 1.82) is 0 Å². The molecular formula is C30H36N2O2. The summed E-state index contributed by atoms with van der Waals surface area (Å²) in [5.41, 5.74) is 7.74. The summed E-state index contributed by atoms with van der Waals surface area (Å²) in [7, 11) is 0. The largest absolute Gasteiger partial charge is 0.392 e. The molecule has 0 saturated heterocycles. The number of hydrogen-bond donors (Lipinski definition) is 1. The number of anilines is 2. The summed E-state index contributed by atoms with van der Waals surface area (Å²) >= 11 is 0. The van der Waals surface area contributed by atoms with Crippen molar-refractivity contribution in [3.8, 4) is 11.1 Å². The predicted octanol–water partition coefficient (Wildman–Crippen LogP) is 6.33. The number of aryl methyl sites for hydroxylation is 1. The molecule has 0 spiro atoms. The van der Waals surface area contributed by atoms with E-state index >= 15 is 0 Å². The standard InChI is InChI=1S/C28H30N2O2.C2H6/c1-19-7-9-21(10-8-19)23-13-14-26-27(15-23)29(16-24-5-3-4-6-25(24)18-31)17-28(22-11-12-22)30(26)20(2)32;1-2/h3-10,13-15,22,28,31H,11-12,16-18H2,1-2H3;1-2H3. The molecular weight excluding hydrogens is 420 g/mol. The molecule has 4 heteroatoms. The summed E-state index contributed by atoms with van der Waals surface area (Å²) in [6.45, 7) is 9.35. The first-order valence-corrected chi connectivity index (χ1v) is 12.5. The summed E-state index contributed by atoms with van der Waals surface area (Å²) in [6, 6.07) is 23.3. The van der Waals surface area contributed by atoms with Crippen LogP contribution in [0.3, 0.4) is 0 Å². The van der Waals surface area contributed by atoms with E-state index < -0.39 is 0 Å². The molecule has 178 valence electrons. The van der Waals surface area contributed by atoms with Crippen molar-refractivity contribution in [2.24, 2.45) is 5.92 Å². The molecule has 5 rings (SSSR count). The maximum absolute atomic E-state index is 12.7. The molecule has 0 bridgehead atoms. The molecule has 1 saturated carbocycles. The number of carbonyl (C=O) groups is 1. The van der Waals surface area contributed by atoms with Gasteiger partial charge < -0.3 is 14.9 Å². The summed E-state index contributed by atoms with van der Waals surface area (Å²) < 4.78 is 0. The van der Waals surface area contributed by atoms with E-state index in [1.165, 1.54) is 24.0 Å². The van der Waals surface area contributed by atoms with E-state index in [9.17, 15) is 9.90 Å². The molecule has 3 aromatic carbocycles. The lowest BCUT2D eigenvalue weighted by molar-refractivity contribution is -0.117. The van der Waals surface area contributed by atoms with E-state index in [4.69, 9.17) is 0 Å². The zero-order chi connectivity index (χ0) is 24.2. The highest BCUT2D eigenvalue weighted by Gasteiger charge is 2.42. The van der Waals surface area contributed by atoms with Crippen molar-refractivity contribution < 1.29 is 9.90 Å². The SMILES string of the molecule is CC.CC(=O)N1c2ccc(-c3ccc(C)cc3)cc2N(Cc2ccccc2CO)CC1C1CC1. The maximum Gasteiger partial charge on any atom is 0.224 e. The van der Waals surface area contributed by atoms with Gasteiger partial charge in [-0.25, -0.2) is 0 Å². The van der Waals surface area contributed by atoms with Crippen LogP contribution in [-0.4, -0.2) is 23.6 Å². The number of aliphatic hydroxyl groups excluding tert-OH is 1. The average Bonchev–Trinajstić information content (AvgIpc) is 3.71. The smallest absolute Gasteiger partial charge is 0.224 e. The van der Waals surface area contributed by atoms with E-state index in [2.05, 4.69) is 60.4 Å². The van der Waals surface area contributed by atoms with Crippen LogP contribution >= 0.6 is 0 Å². The molecule has 0 aromatic heterocycles. The fourth-order valence-corrected chi connectivity index (χ4v) is 4.96. The van der Waals surface area contributed by atoms with E-state index in [-0.39, 0.29) is 18.6 Å². The monoisotopic (exact) mass is 456 g/mol. The Hall–Kier alpha value is -3.11. The number of benzene rings is 3. The lowest BCUT2D eigenvalue weighted by atomic mass is 9.97. The van der Waals surface area contributed by atoms with Gasteiger partial charge in [-0.2, -0.15) is 0 Å². The summed E-state index contributed by atoms with van der Waals surface area (Å²) in [6.07, 6.45) is 2.37. The van der Waals surface area contributed by atoms with Crippen LogP contribution in [-0.2, 0) is 17.9 Å². The summed E-state index contributed by atoms with van der Waals surface area (Å²) in [5.74, 6) is 0.682. The third-order valence-corrected chi connectivity index (χ3v) is 6.85. The number of nitrogens with zero attached hydrogens (tertiary/aromatic N) is 2. The van der Waals surface area contributed by atoms with E-state index in [0.717, 1.165) is 41.2 Å². The van der Waals surface area contributed by atoms with E-state index in [1.807, 2.05) is 36.9 Å².